The van der Waals surface area contributed by atoms with E-state index in [1.54, 1.807) is 4.90 Å². The minimum Gasteiger partial charge on any atom is -0.480 e. The Morgan fingerprint density at radius 2 is 1.89 bits per heavy atom. The van der Waals surface area contributed by atoms with E-state index in [9.17, 15) is 18.0 Å². The van der Waals surface area contributed by atoms with E-state index in [0.29, 0.717) is 19.5 Å². The summed E-state index contributed by atoms with van der Waals surface area (Å²) >= 11 is 0. The normalized spacial score (nSPS) is 25.5. The highest BCUT2D eigenvalue weighted by atomic mass is 32.2. The quantitative estimate of drug-likeness (QED) is 0.775. The van der Waals surface area contributed by atoms with E-state index in [1.165, 1.54) is 4.90 Å². The van der Waals surface area contributed by atoms with Crippen molar-refractivity contribution in [2.75, 3.05) is 31.1 Å². The molecule has 0 aromatic carbocycles. The van der Waals surface area contributed by atoms with Gasteiger partial charge in [-0.25, -0.2) is 13.2 Å². The van der Waals surface area contributed by atoms with Crippen molar-refractivity contribution < 1.29 is 23.1 Å². The van der Waals surface area contributed by atoms with E-state index in [2.05, 4.69) is 0 Å². The Labute approximate surface area is 112 Å². The fourth-order valence-corrected chi connectivity index (χ4v) is 4.34. The van der Waals surface area contributed by atoms with E-state index in [1.807, 2.05) is 0 Å². The summed E-state index contributed by atoms with van der Waals surface area (Å²) in [5.41, 5.74) is 0. The van der Waals surface area contributed by atoms with Gasteiger partial charge in [0.15, 0.2) is 9.84 Å². The van der Waals surface area contributed by atoms with Crippen LogP contribution in [0.4, 0.5) is 4.79 Å². The molecule has 2 fully saturated rings. The predicted octanol–water partition coefficient (Wildman–Crippen LogP) is -0.224. The van der Waals surface area contributed by atoms with Gasteiger partial charge in [-0.05, 0) is 19.3 Å². The van der Waals surface area contributed by atoms with E-state index < -0.39 is 28.4 Å². The van der Waals surface area contributed by atoms with Gasteiger partial charge in [0.1, 0.15) is 6.54 Å². The first-order valence-corrected chi connectivity index (χ1v) is 8.19. The number of hydrogen-bond acceptors (Lipinski definition) is 4. The second-order valence-electron chi connectivity index (χ2n) is 5.06. The first-order chi connectivity index (χ1) is 8.89. The number of amides is 2. The van der Waals surface area contributed by atoms with Crippen LogP contribution in [0.3, 0.4) is 0 Å². The van der Waals surface area contributed by atoms with Crippen LogP contribution in [0.1, 0.15) is 19.3 Å². The van der Waals surface area contributed by atoms with Gasteiger partial charge in [-0.1, -0.05) is 0 Å². The number of hydrogen-bond donors (Lipinski definition) is 1. The summed E-state index contributed by atoms with van der Waals surface area (Å²) < 4.78 is 23.0. The Morgan fingerprint density at radius 1 is 1.26 bits per heavy atom. The van der Waals surface area contributed by atoms with Gasteiger partial charge in [0, 0.05) is 19.1 Å². The number of carboxylic acids is 1. The summed E-state index contributed by atoms with van der Waals surface area (Å²) in [6, 6.07) is -0.851. The molecule has 1 N–H and O–H groups in total. The summed E-state index contributed by atoms with van der Waals surface area (Å²) in [5, 5.41) is 8.90. The van der Waals surface area contributed by atoms with Crippen LogP contribution in [-0.2, 0) is 14.6 Å². The van der Waals surface area contributed by atoms with Crippen molar-refractivity contribution in [2.24, 2.45) is 0 Å². The molecule has 7 nitrogen and oxygen atoms in total. The standard InChI is InChI=1S/C11H18N2O5S/c14-10(15)7-13(9-3-6-19(17,18)8-9)11(16)12-4-1-2-5-12/h9H,1-8H2,(H,14,15). The maximum absolute atomic E-state index is 12.3. The van der Waals surface area contributed by atoms with E-state index in [4.69, 9.17) is 5.11 Å². The van der Waals surface area contributed by atoms with Gasteiger partial charge in [0.25, 0.3) is 0 Å². The third-order valence-corrected chi connectivity index (χ3v) is 5.33. The molecule has 0 aromatic rings. The van der Waals surface area contributed by atoms with Crippen molar-refractivity contribution in [1.82, 2.24) is 9.80 Å². The van der Waals surface area contributed by atoms with Gasteiger partial charge in [0.2, 0.25) is 0 Å². The molecule has 2 aliphatic rings. The van der Waals surface area contributed by atoms with Crippen LogP contribution in [0.15, 0.2) is 0 Å². The van der Waals surface area contributed by atoms with E-state index in [0.717, 1.165) is 12.8 Å². The molecule has 0 aromatic heterocycles. The van der Waals surface area contributed by atoms with Crippen LogP contribution in [0, 0.1) is 0 Å². The van der Waals surface area contributed by atoms with Gasteiger partial charge in [-0.3, -0.25) is 4.79 Å². The molecule has 8 heteroatoms. The van der Waals surface area contributed by atoms with Crippen LogP contribution in [0.25, 0.3) is 0 Å². The monoisotopic (exact) mass is 290 g/mol. The average molecular weight is 290 g/mol. The molecule has 0 saturated carbocycles. The highest BCUT2D eigenvalue weighted by Crippen LogP contribution is 2.20. The fraction of sp³-hybridized carbons (Fsp3) is 0.818. The van der Waals surface area contributed by atoms with Gasteiger partial charge in [0.05, 0.1) is 11.5 Å². The van der Waals surface area contributed by atoms with Crippen molar-refractivity contribution in [2.45, 2.75) is 25.3 Å². The molecule has 2 rings (SSSR count). The van der Waals surface area contributed by atoms with Crippen LogP contribution >= 0.6 is 0 Å². The maximum atomic E-state index is 12.3. The Hall–Kier alpha value is -1.31. The zero-order valence-electron chi connectivity index (χ0n) is 10.6. The summed E-state index contributed by atoms with van der Waals surface area (Å²) in [5.74, 6) is -1.21. The summed E-state index contributed by atoms with van der Waals surface area (Å²) in [6.45, 7) is 0.804. The summed E-state index contributed by atoms with van der Waals surface area (Å²) in [4.78, 5) is 26.0. The van der Waals surface area contributed by atoms with Gasteiger partial charge in [-0.15, -0.1) is 0 Å². The number of carbonyl (C=O) groups is 2. The number of sulfone groups is 1. The summed E-state index contributed by atoms with van der Waals surface area (Å²) in [6.07, 6.45) is 2.15. The number of nitrogens with zero attached hydrogens (tertiary/aromatic N) is 2. The molecule has 1 atom stereocenters. The second kappa shape index (κ2) is 5.36. The Balaban J connectivity index is 2.11. The predicted molar refractivity (Wildman–Crippen MR) is 67.6 cm³/mol. The SMILES string of the molecule is O=C(O)CN(C(=O)N1CCCC1)C1CCS(=O)(=O)C1. The second-order valence-corrected chi connectivity index (χ2v) is 7.28. The molecule has 0 spiro atoms. The topological polar surface area (TPSA) is 95.0 Å². The number of aliphatic carboxylic acids is 1. The van der Waals surface area contributed by atoms with E-state index in [-0.39, 0.29) is 17.5 Å². The highest BCUT2D eigenvalue weighted by molar-refractivity contribution is 7.91. The van der Waals surface area contributed by atoms with Crippen molar-refractivity contribution in [3.63, 3.8) is 0 Å². The molecular formula is C11H18N2O5S. The van der Waals surface area contributed by atoms with Crippen molar-refractivity contribution in [3.05, 3.63) is 0 Å². The molecule has 2 heterocycles. The van der Waals surface area contributed by atoms with Crippen molar-refractivity contribution in [3.8, 4) is 0 Å². The molecule has 0 radical (unpaired) electrons. The molecule has 2 amide bonds. The van der Waals surface area contributed by atoms with Crippen LogP contribution < -0.4 is 0 Å². The third kappa shape index (κ3) is 3.37. The lowest BCUT2D eigenvalue weighted by Gasteiger charge is -2.30. The van der Waals surface area contributed by atoms with Crippen molar-refractivity contribution in [1.29, 1.82) is 0 Å². The van der Waals surface area contributed by atoms with Crippen LogP contribution in [0.5, 0.6) is 0 Å². The lowest BCUT2D eigenvalue weighted by molar-refractivity contribution is -0.138. The number of carbonyl (C=O) groups excluding carboxylic acids is 1. The van der Waals surface area contributed by atoms with Crippen molar-refractivity contribution >= 4 is 21.8 Å². The lowest BCUT2D eigenvalue weighted by Crippen LogP contribution is -2.49. The van der Waals surface area contributed by atoms with Crippen LogP contribution in [0.2, 0.25) is 0 Å². The first kappa shape index (κ1) is 14.1. The maximum Gasteiger partial charge on any atom is 0.323 e. The van der Waals surface area contributed by atoms with Crippen LogP contribution in [-0.4, -0.2) is 72.5 Å². The molecule has 2 aliphatic heterocycles. The molecule has 108 valence electrons. The lowest BCUT2D eigenvalue weighted by atomic mass is 10.2. The van der Waals surface area contributed by atoms with Gasteiger partial charge >= 0.3 is 12.0 Å². The fourth-order valence-electron chi connectivity index (χ4n) is 2.61. The smallest absolute Gasteiger partial charge is 0.323 e. The Bertz CT molecular complexity index is 469. The largest absolute Gasteiger partial charge is 0.480 e. The van der Waals surface area contributed by atoms with Gasteiger partial charge < -0.3 is 14.9 Å². The molecule has 19 heavy (non-hydrogen) atoms. The average Bonchev–Trinajstić information content (AvgIpc) is 2.94. The number of carboxylic acid groups (broad SMARTS) is 1. The summed E-state index contributed by atoms with van der Waals surface area (Å²) in [7, 11) is -3.14. The molecule has 2 saturated heterocycles. The number of rotatable bonds is 3. The third-order valence-electron chi connectivity index (χ3n) is 3.58. The Kier molecular flexibility index (Phi) is 3.98. The molecule has 0 aliphatic carbocycles. The first-order valence-electron chi connectivity index (χ1n) is 6.37. The zero-order valence-corrected chi connectivity index (χ0v) is 11.4. The highest BCUT2D eigenvalue weighted by Gasteiger charge is 2.37. The molecule has 1 unspecified atom stereocenters. The Morgan fingerprint density at radius 3 is 2.37 bits per heavy atom. The van der Waals surface area contributed by atoms with E-state index >= 15 is 0 Å². The number of urea groups is 1. The minimum absolute atomic E-state index is 0.0288. The molecular weight excluding hydrogens is 272 g/mol. The number of likely N-dealkylation sites (tertiary alicyclic amines) is 1. The minimum atomic E-state index is -3.14. The molecule has 0 bridgehead atoms. The van der Waals surface area contributed by atoms with Gasteiger partial charge in [-0.2, -0.15) is 0 Å². The zero-order chi connectivity index (χ0) is 14.0.